The van der Waals surface area contributed by atoms with Gasteiger partial charge in [0.25, 0.3) is 5.56 Å². The monoisotopic (exact) mass is 474 g/mol. The fourth-order valence-corrected chi connectivity index (χ4v) is 4.78. The van der Waals surface area contributed by atoms with E-state index in [-0.39, 0.29) is 17.1 Å². The number of hydrogen-bond donors (Lipinski definition) is 0. The second-order valence-corrected chi connectivity index (χ2v) is 9.09. The molecule has 0 N–H and O–H groups in total. The molecule has 6 nitrogen and oxygen atoms in total. The van der Waals surface area contributed by atoms with Crippen molar-refractivity contribution in [1.29, 1.82) is 0 Å². The van der Waals surface area contributed by atoms with Crippen molar-refractivity contribution in [2.45, 2.75) is 19.0 Å². The lowest BCUT2D eigenvalue weighted by Crippen LogP contribution is -2.22. The van der Waals surface area contributed by atoms with Crippen LogP contribution in [0.2, 0.25) is 5.02 Å². The largest absolute Gasteiger partial charge is 0.293 e. The van der Waals surface area contributed by atoms with Gasteiger partial charge in [0, 0.05) is 10.6 Å². The minimum atomic E-state index is -0.159. The molecule has 0 aliphatic heterocycles. The molecule has 0 unspecified atom stereocenters. The highest BCUT2D eigenvalue weighted by Crippen LogP contribution is 2.25. The number of benzene rings is 3. The Kier molecular flexibility index (Phi) is 5.52. The summed E-state index contributed by atoms with van der Waals surface area (Å²) >= 11 is 7.22. The number of fused-ring (bicyclic) bond motifs is 3. The maximum absolute atomic E-state index is 13.5. The second-order valence-electron chi connectivity index (χ2n) is 7.71. The van der Waals surface area contributed by atoms with Crippen LogP contribution in [0.15, 0.2) is 76.7 Å². The highest BCUT2D eigenvalue weighted by Gasteiger charge is 2.20. The lowest BCUT2D eigenvalue weighted by atomic mass is 10.1. The van der Waals surface area contributed by atoms with Crippen LogP contribution in [-0.2, 0) is 0 Å². The average molecular weight is 475 g/mol. The van der Waals surface area contributed by atoms with Crippen molar-refractivity contribution in [3.63, 3.8) is 0 Å². The third-order valence-electron chi connectivity index (χ3n) is 5.71. The first-order valence-corrected chi connectivity index (χ1v) is 11.7. The number of thioether (sulfide) groups is 1. The van der Waals surface area contributed by atoms with E-state index in [0.29, 0.717) is 32.4 Å². The summed E-state index contributed by atoms with van der Waals surface area (Å²) < 4.78 is 3.45. The van der Waals surface area contributed by atoms with Gasteiger partial charge < -0.3 is 0 Å². The molecule has 0 saturated heterocycles. The average Bonchev–Trinajstić information content (AvgIpc) is 3.24. The van der Waals surface area contributed by atoms with Gasteiger partial charge in [-0.25, -0.2) is 4.57 Å². The van der Waals surface area contributed by atoms with E-state index in [1.165, 1.54) is 11.8 Å². The third kappa shape index (κ3) is 3.73. The van der Waals surface area contributed by atoms with Crippen molar-refractivity contribution in [3.05, 3.63) is 98.8 Å². The number of hydrogen-bond acceptors (Lipinski definition) is 5. The molecule has 164 valence electrons. The molecule has 3 aromatic carbocycles. The molecule has 0 fully saturated rings. The summed E-state index contributed by atoms with van der Waals surface area (Å²) in [5.74, 6) is 0.550. The fraction of sp³-hybridized carbons (Fsp3) is 0.120. The Morgan fingerprint density at radius 2 is 1.73 bits per heavy atom. The third-order valence-corrected chi connectivity index (χ3v) is 6.89. The normalized spacial score (nSPS) is 11.4. The highest BCUT2D eigenvalue weighted by molar-refractivity contribution is 7.99. The Morgan fingerprint density at radius 1 is 0.970 bits per heavy atom. The quantitative estimate of drug-likeness (QED) is 0.256. The predicted molar refractivity (Wildman–Crippen MR) is 132 cm³/mol. The van der Waals surface area contributed by atoms with Gasteiger partial charge in [-0.3, -0.25) is 14.0 Å². The Balaban J connectivity index is 1.66. The number of carbonyl (C=O) groups is 1. The summed E-state index contributed by atoms with van der Waals surface area (Å²) in [5, 5.41) is 10.4. The number of Topliss-reactive ketones (excluding diaryl/α,β-unsaturated/α-hetero) is 1. The van der Waals surface area contributed by atoms with Gasteiger partial charge in [-0.15, -0.1) is 10.2 Å². The molecule has 0 atom stereocenters. The molecule has 0 amide bonds. The smallest absolute Gasteiger partial charge is 0.267 e. The number of aromatic nitrogens is 4. The summed E-state index contributed by atoms with van der Waals surface area (Å²) in [7, 11) is 0. The molecular formula is C25H19ClN4O2S. The first-order chi connectivity index (χ1) is 16.0. The van der Waals surface area contributed by atoms with Crippen LogP contribution in [0.5, 0.6) is 0 Å². The number of nitrogens with zero attached hydrogens (tertiary/aromatic N) is 4. The van der Waals surface area contributed by atoms with E-state index in [1.807, 2.05) is 54.6 Å². The van der Waals surface area contributed by atoms with Crippen LogP contribution in [0.3, 0.4) is 0 Å². The number of para-hydroxylation sites is 1. The maximum Gasteiger partial charge on any atom is 0.267 e. The van der Waals surface area contributed by atoms with Crippen molar-refractivity contribution in [2.75, 3.05) is 5.75 Å². The Labute approximate surface area is 198 Å². The number of rotatable bonds is 5. The van der Waals surface area contributed by atoms with E-state index in [4.69, 9.17) is 11.6 Å². The Hall–Kier alpha value is -3.42. The zero-order valence-corrected chi connectivity index (χ0v) is 19.5. The van der Waals surface area contributed by atoms with Crippen LogP contribution >= 0.6 is 23.4 Å². The fourth-order valence-electron chi connectivity index (χ4n) is 3.82. The van der Waals surface area contributed by atoms with Crippen LogP contribution in [0, 0.1) is 13.8 Å². The van der Waals surface area contributed by atoms with Crippen LogP contribution < -0.4 is 5.56 Å². The second kappa shape index (κ2) is 8.50. The first kappa shape index (κ1) is 21.4. The van der Waals surface area contributed by atoms with Crippen LogP contribution in [0.1, 0.15) is 21.5 Å². The zero-order chi connectivity index (χ0) is 23.1. The molecule has 0 bridgehead atoms. The van der Waals surface area contributed by atoms with Crippen molar-refractivity contribution >= 4 is 45.8 Å². The molecule has 5 rings (SSSR count). The summed E-state index contributed by atoms with van der Waals surface area (Å²) in [6.45, 7) is 4.00. The molecule has 0 spiro atoms. The van der Waals surface area contributed by atoms with Gasteiger partial charge in [0.15, 0.2) is 10.9 Å². The zero-order valence-electron chi connectivity index (χ0n) is 17.9. The molecule has 8 heteroatoms. The van der Waals surface area contributed by atoms with E-state index < -0.39 is 0 Å². The molecule has 0 saturated carbocycles. The molecule has 2 aromatic heterocycles. The van der Waals surface area contributed by atoms with Crippen LogP contribution in [-0.4, -0.2) is 30.7 Å². The van der Waals surface area contributed by atoms with Crippen molar-refractivity contribution in [2.24, 2.45) is 0 Å². The van der Waals surface area contributed by atoms with Crippen molar-refractivity contribution < 1.29 is 4.79 Å². The van der Waals surface area contributed by atoms with Gasteiger partial charge in [0.1, 0.15) is 0 Å². The lowest BCUT2D eigenvalue weighted by Gasteiger charge is -2.14. The van der Waals surface area contributed by atoms with Gasteiger partial charge in [0.05, 0.1) is 22.3 Å². The number of aryl methyl sites for hydroxylation is 1. The Morgan fingerprint density at radius 3 is 2.52 bits per heavy atom. The van der Waals surface area contributed by atoms with Crippen molar-refractivity contribution in [3.8, 4) is 5.69 Å². The molecular weight excluding hydrogens is 456 g/mol. The van der Waals surface area contributed by atoms with Gasteiger partial charge in [-0.2, -0.15) is 0 Å². The molecule has 2 heterocycles. The van der Waals surface area contributed by atoms with E-state index in [2.05, 4.69) is 10.2 Å². The van der Waals surface area contributed by atoms with E-state index in [9.17, 15) is 9.59 Å². The molecule has 33 heavy (non-hydrogen) atoms. The molecule has 0 aliphatic carbocycles. The van der Waals surface area contributed by atoms with Gasteiger partial charge in [0.2, 0.25) is 5.78 Å². The lowest BCUT2D eigenvalue weighted by molar-refractivity contribution is 0.102. The van der Waals surface area contributed by atoms with Gasteiger partial charge in [-0.05, 0) is 67.4 Å². The van der Waals surface area contributed by atoms with Crippen LogP contribution in [0.4, 0.5) is 0 Å². The van der Waals surface area contributed by atoms with Crippen LogP contribution in [0.25, 0.3) is 22.4 Å². The Bertz CT molecular complexity index is 1590. The number of carbonyl (C=O) groups excluding carboxylic acids is 1. The number of halogens is 1. The maximum atomic E-state index is 13.5. The molecule has 0 radical (unpaired) electrons. The molecule has 0 aliphatic rings. The summed E-state index contributed by atoms with van der Waals surface area (Å²) in [5.41, 5.74) is 3.95. The minimum Gasteiger partial charge on any atom is -0.293 e. The summed E-state index contributed by atoms with van der Waals surface area (Å²) in [6.07, 6.45) is 0. The highest BCUT2D eigenvalue weighted by atomic mass is 35.5. The topological polar surface area (TPSA) is 69.3 Å². The van der Waals surface area contributed by atoms with E-state index in [0.717, 1.165) is 16.8 Å². The van der Waals surface area contributed by atoms with Crippen molar-refractivity contribution in [1.82, 2.24) is 19.2 Å². The predicted octanol–water partition coefficient (Wildman–Crippen LogP) is 5.28. The van der Waals surface area contributed by atoms with Gasteiger partial charge >= 0.3 is 0 Å². The van der Waals surface area contributed by atoms with Gasteiger partial charge in [-0.1, -0.05) is 47.6 Å². The SMILES string of the molecule is Cc1cccc(-n2c(=O)c3ccccc3n3c(SCC(=O)c4ccc(Cl)cc4)nnc23)c1C. The summed E-state index contributed by atoms with van der Waals surface area (Å²) in [6, 6.07) is 20.0. The summed E-state index contributed by atoms with van der Waals surface area (Å²) in [4.78, 5) is 26.2. The van der Waals surface area contributed by atoms with E-state index in [1.54, 1.807) is 34.9 Å². The first-order valence-electron chi connectivity index (χ1n) is 10.3. The van der Waals surface area contributed by atoms with E-state index >= 15 is 0 Å². The number of ketones is 1. The minimum absolute atomic E-state index is 0.0411. The standard InChI is InChI=1S/C25H19ClN4O2S/c1-15-6-5-9-20(16(15)2)29-23(32)19-7-3-4-8-21(19)30-24(29)27-28-25(30)33-14-22(31)17-10-12-18(26)13-11-17/h3-13H,14H2,1-2H3. The molecule has 5 aromatic rings.